The molecule has 0 spiro atoms. The van der Waals surface area contributed by atoms with Gasteiger partial charge in [0.15, 0.2) is 0 Å². The van der Waals surface area contributed by atoms with E-state index in [-0.39, 0.29) is 17.0 Å². The second-order valence-electron chi connectivity index (χ2n) is 6.26. The largest absolute Gasteiger partial charge is 0.508 e. The van der Waals surface area contributed by atoms with E-state index in [1.165, 1.54) is 24.3 Å². The summed E-state index contributed by atoms with van der Waals surface area (Å²) in [6, 6.07) is 15.3. The van der Waals surface area contributed by atoms with Crippen LogP contribution in [0.15, 0.2) is 72.4 Å². The number of carbonyl (C=O) groups is 3. The van der Waals surface area contributed by atoms with Crippen LogP contribution < -0.4 is 10.2 Å². The van der Waals surface area contributed by atoms with E-state index in [4.69, 9.17) is 11.6 Å². The molecule has 3 aromatic rings. The lowest BCUT2D eigenvalue weighted by molar-refractivity contribution is -0.122. The van der Waals surface area contributed by atoms with Gasteiger partial charge >= 0.3 is 6.03 Å². The van der Waals surface area contributed by atoms with Crippen molar-refractivity contribution < 1.29 is 19.5 Å². The summed E-state index contributed by atoms with van der Waals surface area (Å²) >= 11 is 5.97. The number of phenols is 1. The van der Waals surface area contributed by atoms with Crippen LogP contribution in [0.5, 0.6) is 5.75 Å². The number of benzene rings is 2. The molecule has 7 nitrogen and oxygen atoms in total. The van der Waals surface area contributed by atoms with E-state index in [0.717, 1.165) is 10.6 Å². The number of phenolic OH excluding ortho intramolecular Hbond substituents is 1. The van der Waals surface area contributed by atoms with Gasteiger partial charge in [0.1, 0.15) is 11.3 Å². The fourth-order valence-corrected chi connectivity index (χ4v) is 3.20. The highest BCUT2D eigenvalue weighted by Gasteiger charge is 2.37. The Morgan fingerprint density at radius 1 is 0.931 bits per heavy atom. The number of aromatic nitrogens is 1. The van der Waals surface area contributed by atoms with E-state index in [9.17, 15) is 19.5 Å². The monoisotopic (exact) mass is 407 g/mol. The normalized spacial score (nSPS) is 15.7. The lowest BCUT2D eigenvalue weighted by Gasteiger charge is -2.26. The van der Waals surface area contributed by atoms with Crippen molar-refractivity contribution in [1.29, 1.82) is 0 Å². The Hall–Kier alpha value is -3.84. The SMILES string of the molecule is O=C1NC(=O)N(c2cccc(Cl)c2)C(=O)/C1=C/c1cccn1-c1ccc(O)cc1. The number of halogens is 1. The molecule has 0 aliphatic carbocycles. The van der Waals surface area contributed by atoms with Gasteiger partial charge in [0.05, 0.1) is 5.69 Å². The molecule has 144 valence electrons. The van der Waals surface area contributed by atoms with Crippen molar-refractivity contribution in [3.63, 3.8) is 0 Å². The van der Waals surface area contributed by atoms with Crippen LogP contribution in [-0.4, -0.2) is 27.5 Å². The first-order valence-electron chi connectivity index (χ1n) is 8.58. The molecule has 29 heavy (non-hydrogen) atoms. The zero-order valence-corrected chi connectivity index (χ0v) is 15.6. The topological polar surface area (TPSA) is 91.6 Å². The molecule has 0 bridgehead atoms. The minimum absolute atomic E-state index is 0.123. The van der Waals surface area contributed by atoms with Gasteiger partial charge < -0.3 is 9.67 Å². The molecule has 0 atom stereocenters. The fourth-order valence-electron chi connectivity index (χ4n) is 3.02. The van der Waals surface area contributed by atoms with Gasteiger partial charge in [0, 0.05) is 22.6 Å². The number of hydrogen-bond acceptors (Lipinski definition) is 4. The number of hydrogen-bond donors (Lipinski definition) is 2. The molecule has 0 radical (unpaired) electrons. The number of carbonyl (C=O) groups excluding carboxylic acids is 3. The van der Waals surface area contributed by atoms with E-state index >= 15 is 0 Å². The third-order valence-corrected chi connectivity index (χ3v) is 4.60. The van der Waals surface area contributed by atoms with Gasteiger partial charge in [-0.1, -0.05) is 17.7 Å². The molecule has 1 aliphatic rings. The number of anilines is 1. The van der Waals surface area contributed by atoms with Crippen LogP contribution in [0.25, 0.3) is 11.8 Å². The van der Waals surface area contributed by atoms with E-state index < -0.39 is 17.8 Å². The highest BCUT2D eigenvalue weighted by atomic mass is 35.5. The maximum absolute atomic E-state index is 13.0. The van der Waals surface area contributed by atoms with Crippen LogP contribution in [-0.2, 0) is 9.59 Å². The molecule has 0 unspecified atom stereocenters. The fraction of sp³-hybridized carbons (Fsp3) is 0. The van der Waals surface area contributed by atoms with Crippen molar-refractivity contribution in [2.24, 2.45) is 0 Å². The van der Waals surface area contributed by atoms with Gasteiger partial charge in [0.2, 0.25) is 0 Å². The quantitative estimate of drug-likeness (QED) is 0.513. The zero-order valence-electron chi connectivity index (χ0n) is 14.9. The van der Waals surface area contributed by atoms with Crippen molar-refractivity contribution in [3.8, 4) is 11.4 Å². The van der Waals surface area contributed by atoms with Crippen molar-refractivity contribution in [2.45, 2.75) is 0 Å². The van der Waals surface area contributed by atoms with E-state index in [1.54, 1.807) is 53.2 Å². The molecule has 2 aromatic carbocycles. The number of aromatic hydroxyl groups is 1. The lowest BCUT2D eigenvalue weighted by atomic mass is 10.1. The summed E-state index contributed by atoms with van der Waals surface area (Å²) in [5.74, 6) is -1.41. The highest BCUT2D eigenvalue weighted by molar-refractivity contribution is 6.39. The minimum Gasteiger partial charge on any atom is -0.508 e. The molecule has 2 N–H and O–H groups in total. The maximum Gasteiger partial charge on any atom is 0.335 e. The number of barbiturate groups is 1. The summed E-state index contributed by atoms with van der Waals surface area (Å²) in [6.45, 7) is 0. The number of imide groups is 2. The Labute approximate surface area is 170 Å². The predicted octanol–water partition coefficient (Wildman–Crippen LogP) is 3.50. The van der Waals surface area contributed by atoms with Crippen LogP contribution in [0.3, 0.4) is 0 Å². The number of rotatable bonds is 3. The Morgan fingerprint density at radius 3 is 2.41 bits per heavy atom. The second kappa shape index (κ2) is 7.29. The number of nitrogens with one attached hydrogen (secondary N) is 1. The number of nitrogens with zero attached hydrogens (tertiary/aromatic N) is 2. The van der Waals surface area contributed by atoms with Crippen LogP contribution in [0.1, 0.15) is 5.69 Å². The van der Waals surface area contributed by atoms with Crippen LogP contribution in [0, 0.1) is 0 Å². The molecule has 4 amide bonds. The standard InChI is InChI=1S/C21H14ClN3O4/c22-13-3-1-4-16(11-13)25-20(28)18(19(27)23-21(25)29)12-15-5-2-10-24(15)14-6-8-17(26)9-7-14/h1-12,26H,(H,23,27,29)/b18-12+. The summed E-state index contributed by atoms with van der Waals surface area (Å²) in [5.41, 5.74) is 1.34. The molecule has 8 heteroatoms. The molecular formula is C21H14ClN3O4. The van der Waals surface area contributed by atoms with Gasteiger partial charge in [0.25, 0.3) is 11.8 Å². The first kappa shape index (κ1) is 18.5. The summed E-state index contributed by atoms with van der Waals surface area (Å²) in [4.78, 5) is 38.5. The van der Waals surface area contributed by atoms with Crippen molar-refractivity contribution >= 4 is 41.2 Å². The maximum atomic E-state index is 13.0. The first-order valence-corrected chi connectivity index (χ1v) is 8.95. The second-order valence-corrected chi connectivity index (χ2v) is 6.69. The van der Waals surface area contributed by atoms with E-state index in [2.05, 4.69) is 5.32 Å². The minimum atomic E-state index is -0.840. The Kier molecular flexibility index (Phi) is 4.66. The first-order chi connectivity index (χ1) is 13.9. The Bertz CT molecular complexity index is 1160. The zero-order chi connectivity index (χ0) is 20.5. The van der Waals surface area contributed by atoms with Crippen LogP contribution >= 0.6 is 11.6 Å². The smallest absolute Gasteiger partial charge is 0.335 e. The van der Waals surface area contributed by atoms with E-state index in [0.29, 0.717) is 10.7 Å². The molecule has 1 aliphatic heterocycles. The molecule has 1 saturated heterocycles. The van der Waals surface area contributed by atoms with Gasteiger partial charge in [-0.25, -0.2) is 9.69 Å². The third kappa shape index (κ3) is 3.51. The lowest BCUT2D eigenvalue weighted by Crippen LogP contribution is -2.54. The third-order valence-electron chi connectivity index (χ3n) is 4.37. The van der Waals surface area contributed by atoms with Gasteiger partial charge in [-0.2, -0.15) is 0 Å². The van der Waals surface area contributed by atoms with Crippen molar-refractivity contribution in [3.05, 3.63) is 83.2 Å². The molecule has 4 rings (SSSR count). The summed E-state index contributed by atoms with van der Waals surface area (Å²) in [7, 11) is 0. The summed E-state index contributed by atoms with van der Waals surface area (Å²) in [5, 5.41) is 12.0. The average molecular weight is 408 g/mol. The summed E-state index contributed by atoms with van der Waals surface area (Å²) in [6.07, 6.45) is 3.17. The molecular weight excluding hydrogens is 394 g/mol. The average Bonchev–Trinajstić information content (AvgIpc) is 3.14. The van der Waals surface area contributed by atoms with Gasteiger partial charge in [-0.15, -0.1) is 0 Å². The molecule has 0 saturated carbocycles. The molecule has 1 fully saturated rings. The predicted molar refractivity (Wildman–Crippen MR) is 108 cm³/mol. The van der Waals surface area contributed by atoms with Crippen molar-refractivity contribution in [1.82, 2.24) is 9.88 Å². The van der Waals surface area contributed by atoms with Gasteiger partial charge in [-0.05, 0) is 60.7 Å². The van der Waals surface area contributed by atoms with E-state index in [1.807, 2.05) is 0 Å². The summed E-state index contributed by atoms with van der Waals surface area (Å²) < 4.78 is 1.74. The Balaban J connectivity index is 1.75. The number of amides is 4. The van der Waals surface area contributed by atoms with Crippen LogP contribution in [0.2, 0.25) is 5.02 Å². The Morgan fingerprint density at radius 2 is 1.69 bits per heavy atom. The molecule has 2 heterocycles. The molecule has 1 aromatic heterocycles. The van der Waals surface area contributed by atoms with Crippen LogP contribution in [0.4, 0.5) is 10.5 Å². The van der Waals surface area contributed by atoms with Crippen molar-refractivity contribution in [2.75, 3.05) is 4.90 Å². The highest BCUT2D eigenvalue weighted by Crippen LogP contribution is 2.25. The number of urea groups is 1. The van der Waals surface area contributed by atoms with Gasteiger partial charge in [-0.3, -0.25) is 14.9 Å².